The summed E-state index contributed by atoms with van der Waals surface area (Å²) in [5, 5.41) is 0. The van der Waals surface area contributed by atoms with E-state index >= 15 is 0 Å². The summed E-state index contributed by atoms with van der Waals surface area (Å²) in [6.07, 6.45) is 5.39. The fourth-order valence-electron chi connectivity index (χ4n) is 3.16. The quantitative estimate of drug-likeness (QED) is 0.680. The lowest BCUT2D eigenvalue weighted by molar-refractivity contribution is -0.0247. The molecule has 2 aliphatic rings. The minimum absolute atomic E-state index is 0.445. The summed E-state index contributed by atoms with van der Waals surface area (Å²) in [5.74, 6) is 0. The van der Waals surface area contributed by atoms with Crippen molar-refractivity contribution in [1.82, 2.24) is 4.90 Å². The zero-order chi connectivity index (χ0) is 11.6. The molecular formula is C14H27NO. The maximum Gasteiger partial charge on any atom is 0.0471 e. The van der Waals surface area contributed by atoms with E-state index in [4.69, 9.17) is 4.74 Å². The van der Waals surface area contributed by atoms with Gasteiger partial charge in [0.1, 0.15) is 0 Å². The van der Waals surface area contributed by atoms with E-state index in [0.717, 1.165) is 13.2 Å². The molecule has 0 saturated carbocycles. The third-order valence-electron chi connectivity index (χ3n) is 4.17. The van der Waals surface area contributed by atoms with Crippen LogP contribution >= 0.6 is 0 Å². The van der Waals surface area contributed by atoms with Crippen molar-refractivity contribution in [1.29, 1.82) is 0 Å². The summed E-state index contributed by atoms with van der Waals surface area (Å²) in [4.78, 5) is 2.65. The first-order valence-electron chi connectivity index (χ1n) is 6.79. The van der Waals surface area contributed by atoms with Crippen molar-refractivity contribution in [2.45, 2.75) is 46.5 Å². The van der Waals surface area contributed by atoms with E-state index in [1.807, 2.05) is 0 Å². The highest BCUT2D eigenvalue weighted by Crippen LogP contribution is 2.40. The van der Waals surface area contributed by atoms with E-state index in [0.29, 0.717) is 10.8 Å². The Balaban J connectivity index is 1.82. The van der Waals surface area contributed by atoms with Crippen LogP contribution in [0.4, 0.5) is 0 Å². The molecule has 2 heterocycles. The van der Waals surface area contributed by atoms with Gasteiger partial charge in [0.15, 0.2) is 0 Å². The van der Waals surface area contributed by atoms with Crippen LogP contribution in [-0.4, -0.2) is 37.7 Å². The van der Waals surface area contributed by atoms with E-state index in [1.54, 1.807) is 0 Å². The predicted molar refractivity (Wildman–Crippen MR) is 67.6 cm³/mol. The van der Waals surface area contributed by atoms with Crippen LogP contribution in [0.1, 0.15) is 46.5 Å². The summed E-state index contributed by atoms with van der Waals surface area (Å²) in [6.45, 7) is 12.9. The van der Waals surface area contributed by atoms with Gasteiger partial charge in [0.2, 0.25) is 0 Å². The highest BCUT2D eigenvalue weighted by atomic mass is 16.5. The molecule has 0 radical (unpaired) electrons. The molecule has 0 bridgehead atoms. The summed E-state index contributed by atoms with van der Waals surface area (Å²) < 4.78 is 5.49. The van der Waals surface area contributed by atoms with Crippen molar-refractivity contribution < 1.29 is 4.74 Å². The minimum atomic E-state index is 0.445. The monoisotopic (exact) mass is 225 g/mol. The molecule has 0 aromatic carbocycles. The lowest BCUT2D eigenvalue weighted by Crippen LogP contribution is -2.45. The van der Waals surface area contributed by atoms with Gasteiger partial charge < -0.3 is 9.64 Å². The normalized spacial score (nSPS) is 27.2. The average molecular weight is 225 g/mol. The fourth-order valence-corrected chi connectivity index (χ4v) is 3.16. The second-order valence-corrected chi connectivity index (χ2v) is 6.95. The van der Waals surface area contributed by atoms with Crippen molar-refractivity contribution in [3.8, 4) is 0 Å². The Morgan fingerprint density at radius 1 is 1.00 bits per heavy atom. The molecular weight excluding hydrogens is 198 g/mol. The van der Waals surface area contributed by atoms with Gasteiger partial charge in [-0.2, -0.15) is 0 Å². The largest absolute Gasteiger partial charge is 0.381 e. The molecule has 2 nitrogen and oxygen atoms in total. The van der Waals surface area contributed by atoms with E-state index in [-0.39, 0.29) is 0 Å². The Morgan fingerprint density at radius 3 is 2.06 bits per heavy atom. The lowest BCUT2D eigenvalue weighted by atomic mass is 9.72. The number of rotatable bonds is 1. The first kappa shape index (κ1) is 12.4. The third kappa shape index (κ3) is 3.21. The van der Waals surface area contributed by atoms with Crippen LogP contribution in [0.5, 0.6) is 0 Å². The Kier molecular flexibility index (Phi) is 3.60. The molecule has 0 atom stereocenters. The summed E-state index contributed by atoms with van der Waals surface area (Å²) in [6, 6.07) is 0. The number of nitrogens with zero attached hydrogens (tertiary/aromatic N) is 1. The molecule has 0 N–H and O–H groups in total. The molecule has 1 spiro atoms. The molecule has 94 valence electrons. The predicted octanol–water partition coefficient (Wildman–Crippen LogP) is 2.93. The summed E-state index contributed by atoms with van der Waals surface area (Å²) in [7, 11) is 0. The Bertz CT molecular complexity index is 215. The van der Waals surface area contributed by atoms with Crippen molar-refractivity contribution in [3.05, 3.63) is 0 Å². The van der Waals surface area contributed by atoms with Gasteiger partial charge in [-0.25, -0.2) is 0 Å². The van der Waals surface area contributed by atoms with Gasteiger partial charge in [-0.1, -0.05) is 20.8 Å². The Hall–Kier alpha value is -0.0800. The van der Waals surface area contributed by atoms with Crippen LogP contribution in [-0.2, 0) is 4.74 Å². The smallest absolute Gasteiger partial charge is 0.0471 e. The number of ether oxygens (including phenoxy) is 1. The van der Waals surface area contributed by atoms with Crippen LogP contribution in [0.2, 0.25) is 0 Å². The van der Waals surface area contributed by atoms with Crippen molar-refractivity contribution in [2.75, 3.05) is 32.8 Å². The van der Waals surface area contributed by atoms with Crippen LogP contribution in [0, 0.1) is 10.8 Å². The minimum Gasteiger partial charge on any atom is -0.381 e. The third-order valence-corrected chi connectivity index (χ3v) is 4.17. The molecule has 2 fully saturated rings. The average Bonchev–Trinajstić information content (AvgIpc) is 2.22. The van der Waals surface area contributed by atoms with Gasteiger partial charge in [0.25, 0.3) is 0 Å². The van der Waals surface area contributed by atoms with Crippen LogP contribution in [0.15, 0.2) is 0 Å². The van der Waals surface area contributed by atoms with Gasteiger partial charge >= 0.3 is 0 Å². The molecule has 16 heavy (non-hydrogen) atoms. The van der Waals surface area contributed by atoms with Gasteiger partial charge in [0.05, 0.1) is 0 Å². The van der Waals surface area contributed by atoms with Crippen molar-refractivity contribution in [3.63, 3.8) is 0 Å². The van der Waals surface area contributed by atoms with Crippen LogP contribution in [0.3, 0.4) is 0 Å². The Labute approximate surface area is 100 Å². The van der Waals surface area contributed by atoms with Crippen molar-refractivity contribution in [2.24, 2.45) is 10.8 Å². The SMILES string of the molecule is CC(C)(C)CN1CCC2(CCOCC2)CC1. The fraction of sp³-hybridized carbons (Fsp3) is 1.00. The maximum absolute atomic E-state index is 5.49. The van der Waals surface area contributed by atoms with E-state index in [9.17, 15) is 0 Å². The molecule has 0 unspecified atom stereocenters. The molecule has 0 amide bonds. The van der Waals surface area contributed by atoms with Gasteiger partial charge in [-0.3, -0.25) is 0 Å². The number of likely N-dealkylation sites (tertiary alicyclic amines) is 1. The van der Waals surface area contributed by atoms with Gasteiger partial charge in [-0.05, 0) is 49.6 Å². The van der Waals surface area contributed by atoms with Crippen LogP contribution < -0.4 is 0 Å². The Morgan fingerprint density at radius 2 is 1.56 bits per heavy atom. The molecule has 2 heteroatoms. The zero-order valence-electron chi connectivity index (χ0n) is 11.2. The van der Waals surface area contributed by atoms with E-state index in [2.05, 4.69) is 25.7 Å². The number of hydrogen-bond acceptors (Lipinski definition) is 2. The highest BCUT2D eigenvalue weighted by molar-refractivity contribution is 4.88. The van der Waals surface area contributed by atoms with Crippen LogP contribution in [0.25, 0.3) is 0 Å². The standard InChI is InChI=1S/C14H27NO/c1-13(2,3)12-15-8-4-14(5-9-15)6-10-16-11-7-14/h4-12H2,1-3H3. The highest BCUT2D eigenvalue weighted by Gasteiger charge is 2.36. The molecule has 2 aliphatic heterocycles. The molecule has 0 aromatic heterocycles. The van der Waals surface area contributed by atoms with Gasteiger partial charge in [0, 0.05) is 19.8 Å². The first-order valence-corrected chi connectivity index (χ1v) is 6.79. The lowest BCUT2D eigenvalue weighted by Gasteiger charge is -2.45. The second kappa shape index (κ2) is 4.66. The molecule has 0 aromatic rings. The second-order valence-electron chi connectivity index (χ2n) is 6.95. The van der Waals surface area contributed by atoms with Crippen molar-refractivity contribution >= 4 is 0 Å². The molecule has 2 rings (SSSR count). The number of piperidine rings is 1. The molecule has 0 aliphatic carbocycles. The van der Waals surface area contributed by atoms with Gasteiger partial charge in [-0.15, -0.1) is 0 Å². The summed E-state index contributed by atoms with van der Waals surface area (Å²) >= 11 is 0. The molecule has 2 saturated heterocycles. The van der Waals surface area contributed by atoms with E-state index < -0.39 is 0 Å². The zero-order valence-corrected chi connectivity index (χ0v) is 11.2. The maximum atomic E-state index is 5.49. The number of hydrogen-bond donors (Lipinski definition) is 0. The summed E-state index contributed by atoms with van der Waals surface area (Å²) in [5.41, 5.74) is 1.09. The van der Waals surface area contributed by atoms with E-state index in [1.165, 1.54) is 45.3 Å². The first-order chi connectivity index (χ1) is 7.49. The topological polar surface area (TPSA) is 12.5 Å².